The molecule has 0 heterocycles. The van der Waals surface area contributed by atoms with E-state index >= 15 is 0 Å². The minimum Gasteiger partial charge on any atom is -0.493 e. The number of nitrogens with one attached hydrogen (secondary N) is 3. The van der Waals surface area contributed by atoms with Crippen molar-refractivity contribution in [1.29, 1.82) is 0 Å². The first-order chi connectivity index (χ1) is 15.9. The molecule has 0 radical (unpaired) electrons. The number of amides is 3. The van der Waals surface area contributed by atoms with Crippen LogP contribution in [0.5, 0.6) is 17.2 Å². The SMILES string of the molecule is COc1cc(C(=O)NCC(=O)NC(Cc2ccccc2)C(=O)NC2CC2)cc(OC)c1OC. The molecule has 1 aliphatic carbocycles. The zero-order valence-electron chi connectivity index (χ0n) is 19.0. The maximum absolute atomic E-state index is 12.6. The number of carbonyl (C=O) groups is 3. The largest absolute Gasteiger partial charge is 0.493 e. The third kappa shape index (κ3) is 6.61. The van der Waals surface area contributed by atoms with Crippen LogP contribution in [0.25, 0.3) is 0 Å². The molecule has 33 heavy (non-hydrogen) atoms. The van der Waals surface area contributed by atoms with E-state index in [0.717, 1.165) is 18.4 Å². The van der Waals surface area contributed by atoms with Gasteiger partial charge in [-0.3, -0.25) is 14.4 Å². The molecule has 3 amide bonds. The van der Waals surface area contributed by atoms with Crippen molar-refractivity contribution < 1.29 is 28.6 Å². The predicted molar refractivity (Wildman–Crippen MR) is 122 cm³/mol. The van der Waals surface area contributed by atoms with E-state index in [1.807, 2.05) is 30.3 Å². The van der Waals surface area contributed by atoms with Gasteiger partial charge in [-0.25, -0.2) is 0 Å². The molecule has 0 bridgehead atoms. The van der Waals surface area contributed by atoms with Gasteiger partial charge < -0.3 is 30.2 Å². The Morgan fingerprint density at radius 3 is 2.15 bits per heavy atom. The van der Waals surface area contributed by atoms with Crippen LogP contribution in [0.3, 0.4) is 0 Å². The van der Waals surface area contributed by atoms with Gasteiger partial charge in [-0.15, -0.1) is 0 Å². The number of hydrogen-bond donors (Lipinski definition) is 3. The minimum atomic E-state index is -0.737. The highest BCUT2D eigenvalue weighted by Crippen LogP contribution is 2.38. The summed E-state index contributed by atoms with van der Waals surface area (Å²) < 4.78 is 15.8. The molecule has 1 saturated carbocycles. The summed E-state index contributed by atoms with van der Waals surface area (Å²) in [5.74, 6) is -0.184. The van der Waals surface area contributed by atoms with E-state index < -0.39 is 17.9 Å². The van der Waals surface area contributed by atoms with Crippen molar-refractivity contribution in [1.82, 2.24) is 16.0 Å². The molecule has 0 spiro atoms. The second kappa shape index (κ2) is 11.2. The third-order valence-corrected chi connectivity index (χ3v) is 5.19. The van der Waals surface area contributed by atoms with Crippen LogP contribution < -0.4 is 30.2 Å². The molecule has 3 rings (SSSR count). The van der Waals surface area contributed by atoms with Crippen molar-refractivity contribution in [3.63, 3.8) is 0 Å². The molecule has 176 valence electrons. The highest BCUT2D eigenvalue weighted by molar-refractivity contribution is 5.98. The van der Waals surface area contributed by atoms with Gasteiger partial charge in [-0.2, -0.15) is 0 Å². The normalized spacial score (nSPS) is 13.4. The van der Waals surface area contributed by atoms with Crippen molar-refractivity contribution in [2.24, 2.45) is 0 Å². The highest BCUT2D eigenvalue weighted by Gasteiger charge is 2.28. The topological polar surface area (TPSA) is 115 Å². The van der Waals surface area contributed by atoms with Crippen molar-refractivity contribution in [3.05, 3.63) is 53.6 Å². The molecule has 1 atom stereocenters. The van der Waals surface area contributed by atoms with Gasteiger partial charge in [0.25, 0.3) is 5.91 Å². The second-order valence-corrected chi connectivity index (χ2v) is 7.69. The molecule has 1 aliphatic rings. The average Bonchev–Trinajstić information content (AvgIpc) is 3.65. The van der Waals surface area contributed by atoms with Crippen molar-refractivity contribution in [3.8, 4) is 17.2 Å². The van der Waals surface area contributed by atoms with Crippen LogP contribution in [0, 0.1) is 0 Å². The fraction of sp³-hybridized carbons (Fsp3) is 0.375. The fourth-order valence-corrected chi connectivity index (χ4v) is 3.31. The first-order valence-electron chi connectivity index (χ1n) is 10.7. The number of methoxy groups -OCH3 is 3. The lowest BCUT2D eigenvalue weighted by molar-refractivity contribution is -0.128. The Bertz CT molecular complexity index is 966. The van der Waals surface area contributed by atoms with Gasteiger partial charge in [-0.1, -0.05) is 30.3 Å². The van der Waals surface area contributed by atoms with Gasteiger partial charge in [-0.05, 0) is 30.5 Å². The Kier molecular flexibility index (Phi) is 8.12. The lowest BCUT2D eigenvalue weighted by Crippen LogP contribution is -2.51. The summed E-state index contributed by atoms with van der Waals surface area (Å²) in [5, 5.41) is 8.22. The molecule has 3 N–H and O–H groups in total. The number of rotatable bonds is 11. The summed E-state index contributed by atoms with van der Waals surface area (Å²) >= 11 is 0. The van der Waals surface area contributed by atoms with E-state index in [0.29, 0.717) is 23.7 Å². The molecule has 9 heteroatoms. The molecule has 0 saturated heterocycles. The number of ether oxygens (including phenoxy) is 3. The van der Waals surface area contributed by atoms with Gasteiger partial charge in [0.15, 0.2) is 11.5 Å². The van der Waals surface area contributed by atoms with E-state index in [1.165, 1.54) is 33.5 Å². The molecule has 2 aromatic carbocycles. The summed E-state index contributed by atoms with van der Waals surface area (Å²) in [4.78, 5) is 37.8. The molecular formula is C24H29N3O6. The number of carbonyl (C=O) groups excluding carboxylic acids is 3. The quantitative estimate of drug-likeness (QED) is 0.473. The Balaban J connectivity index is 1.63. The summed E-state index contributed by atoms with van der Waals surface area (Å²) in [7, 11) is 4.37. The number of benzene rings is 2. The van der Waals surface area contributed by atoms with Crippen LogP contribution >= 0.6 is 0 Å². The smallest absolute Gasteiger partial charge is 0.251 e. The Morgan fingerprint density at radius 1 is 0.970 bits per heavy atom. The van der Waals surface area contributed by atoms with Crippen molar-refractivity contribution in [2.45, 2.75) is 31.3 Å². The monoisotopic (exact) mass is 455 g/mol. The zero-order chi connectivity index (χ0) is 23.8. The predicted octanol–water partition coefficient (Wildman–Crippen LogP) is 1.45. The Labute approximate surface area is 192 Å². The van der Waals surface area contributed by atoms with Crippen LogP contribution in [0.4, 0.5) is 0 Å². The fourth-order valence-electron chi connectivity index (χ4n) is 3.31. The van der Waals surface area contributed by atoms with Gasteiger partial charge in [0, 0.05) is 18.0 Å². The Morgan fingerprint density at radius 2 is 1.61 bits per heavy atom. The zero-order valence-corrected chi connectivity index (χ0v) is 19.0. The molecule has 9 nitrogen and oxygen atoms in total. The Hall–Kier alpha value is -3.75. The lowest BCUT2D eigenvalue weighted by Gasteiger charge is -2.19. The van der Waals surface area contributed by atoms with Crippen molar-refractivity contribution >= 4 is 17.7 Å². The molecule has 1 fully saturated rings. The van der Waals surface area contributed by atoms with Crippen molar-refractivity contribution in [2.75, 3.05) is 27.9 Å². The van der Waals surface area contributed by atoms with Gasteiger partial charge in [0.2, 0.25) is 17.6 Å². The standard InChI is InChI=1S/C24H29N3O6/c1-31-19-12-16(13-20(32-2)22(19)33-3)23(29)25-14-21(28)27-18(24(30)26-17-9-10-17)11-15-7-5-4-6-8-15/h4-8,12-13,17-18H,9-11,14H2,1-3H3,(H,25,29)(H,26,30)(H,27,28). The first-order valence-corrected chi connectivity index (χ1v) is 10.7. The van der Waals surface area contributed by atoms with E-state index in [1.54, 1.807) is 0 Å². The van der Waals surface area contributed by atoms with Gasteiger partial charge in [0.05, 0.1) is 27.9 Å². The molecule has 2 aromatic rings. The molecule has 1 unspecified atom stereocenters. The van der Waals surface area contributed by atoms with Gasteiger partial charge in [0.1, 0.15) is 6.04 Å². The first kappa shape index (κ1) is 23.9. The van der Waals surface area contributed by atoms with Crippen LogP contribution in [0.1, 0.15) is 28.8 Å². The maximum Gasteiger partial charge on any atom is 0.251 e. The third-order valence-electron chi connectivity index (χ3n) is 5.19. The summed E-state index contributed by atoms with van der Waals surface area (Å²) in [6.07, 6.45) is 2.25. The van der Waals surface area contributed by atoms with Crippen LogP contribution in [0.2, 0.25) is 0 Å². The maximum atomic E-state index is 12.6. The summed E-state index contributed by atoms with van der Waals surface area (Å²) in [5.41, 5.74) is 1.17. The van der Waals surface area contributed by atoms with Crippen LogP contribution in [-0.2, 0) is 16.0 Å². The minimum absolute atomic E-state index is 0.174. The molecule has 0 aromatic heterocycles. The number of hydrogen-bond acceptors (Lipinski definition) is 6. The summed E-state index contributed by atoms with van der Waals surface area (Å²) in [6.45, 7) is -0.294. The highest BCUT2D eigenvalue weighted by atomic mass is 16.5. The van der Waals surface area contributed by atoms with E-state index in [9.17, 15) is 14.4 Å². The van der Waals surface area contributed by atoms with Gasteiger partial charge >= 0.3 is 0 Å². The molecule has 0 aliphatic heterocycles. The average molecular weight is 456 g/mol. The second-order valence-electron chi connectivity index (χ2n) is 7.69. The van der Waals surface area contributed by atoms with Crippen LogP contribution in [0.15, 0.2) is 42.5 Å². The van der Waals surface area contributed by atoms with E-state index in [4.69, 9.17) is 14.2 Å². The lowest BCUT2D eigenvalue weighted by atomic mass is 10.1. The molecular weight excluding hydrogens is 426 g/mol. The summed E-state index contributed by atoms with van der Waals surface area (Å²) in [6, 6.07) is 11.9. The van der Waals surface area contributed by atoms with E-state index in [-0.39, 0.29) is 24.1 Å². The van der Waals surface area contributed by atoms with Crippen LogP contribution in [-0.4, -0.2) is 57.7 Å². The van der Waals surface area contributed by atoms with E-state index in [2.05, 4.69) is 16.0 Å².